The van der Waals surface area contributed by atoms with E-state index in [1.165, 1.54) is 11.1 Å². The van der Waals surface area contributed by atoms with Crippen molar-refractivity contribution in [3.63, 3.8) is 0 Å². The van der Waals surface area contributed by atoms with E-state index in [4.69, 9.17) is 10.5 Å². The number of benzene rings is 2. The van der Waals surface area contributed by atoms with Crippen LogP contribution in [0.5, 0.6) is 5.75 Å². The summed E-state index contributed by atoms with van der Waals surface area (Å²) < 4.78 is 6.01. The molecular weight excluding hydrogens is 222 g/mol. The molecule has 0 aliphatic heterocycles. The highest BCUT2D eigenvalue weighted by molar-refractivity contribution is 5.42. The number of anilines is 1. The van der Waals surface area contributed by atoms with Gasteiger partial charge in [0.15, 0.2) is 0 Å². The molecule has 0 saturated heterocycles. The van der Waals surface area contributed by atoms with Gasteiger partial charge in [-0.3, -0.25) is 0 Å². The van der Waals surface area contributed by atoms with Crippen molar-refractivity contribution in [1.29, 1.82) is 0 Å². The van der Waals surface area contributed by atoms with Crippen LogP contribution in [0.3, 0.4) is 0 Å². The van der Waals surface area contributed by atoms with Crippen LogP contribution in [0.1, 0.15) is 29.7 Å². The van der Waals surface area contributed by atoms with E-state index in [1.807, 2.05) is 43.3 Å². The number of aryl methyl sites for hydroxylation is 1. The summed E-state index contributed by atoms with van der Waals surface area (Å²) in [5, 5.41) is 0. The third-order valence-corrected chi connectivity index (χ3v) is 3.24. The molecule has 0 bridgehead atoms. The van der Waals surface area contributed by atoms with Crippen molar-refractivity contribution >= 4 is 5.69 Å². The highest BCUT2D eigenvalue weighted by Crippen LogP contribution is 2.27. The lowest BCUT2D eigenvalue weighted by molar-refractivity contribution is 0.225. The van der Waals surface area contributed by atoms with Gasteiger partial charge in [-0.1, -0.05) is 24.3 Å². The molecule has 94 valence electrons. The van der Waals surface area contributed by atoms with Gasteiger partial charge in [0, 0.05) is 5.69 Å². The maximum atomic E-state index is 6.01. The summed E-state index contributed by atoms with van der Waals surface area (Å²) in [6.45, 7) is 6.21. The summed E-state index contributed by atoms with van der Waals surface area (Å²) in [5.74, 6) is 0.935. The molecule has 0 spiro atoms. The average molecular weight is 241 g/mol. The van der Waals surface area contributed by atoms with Crippen molar-refractivity contribution < 1.29 is 4.74 Å². The van der Waals surface area contributed by atoms with Crippen molar-refractivity contribution in [2.45, 2.75) is 26.9 Å². The third kappa shape index (κ3) is 2.65. The Morgan fingerprint density at radius 1 is 1.06 bits per heavy atom. The predicted octanol–water partition coefficient (Wildman–Crippen LogP) is 4.03. The minimum atomic E-state index is -0.00556. The zero-order valence-electron chi connectivity index (χ0n) is 11.1. The van der Waals surface area contributed by atoms with Crippen LogP contribution >= 0.6 is 0 Å². The highest BCUT2D eigenvalue weighted by atomic mass is 16.5. The Kier molecular flexibility index (Phi) is 3.56. The minimum absolute atomic E-state index is 0.00556. The van der Waals surface area contributed by atoms with Gasteiger partial charge in [-0.05, 0) is 55.7 Å². The molecule has 0 aromatic heterocycles. The number of nitrogens with two attached hydrogens (primary N) is 1. The molecule has 1 atom stereocenters. The topological polar surface area (TPSA) is 35.2 Å². The van der Waals surface area contributed by atoms with Crippen molar-refractivity contribution in [2.24, 2.45) is 0 Å². The number of hydrogen-bond acceptors (Lipinski definition) is 2. The normalized spacial score (nSPS) is 12.2. The van der Waals surface area contributed by atoms with Crippen LogP contribution in [-0.4, -0.2) is 0 Å². The summed E-state index contributed by atoms with van der Waals surface area (Å²) in [6.07, 6.45) is -0.00556. The van der Waals surface area contributed by atoms with E-state index in [2.05, 4.69) is 19.9 Å². The molecule has 2 aromatic rings. The van der Waals surface area contributed by atoms with E-state index in [-0.39, 0.29) is 6.10 Å². The molecule has 18 heavy (non-hydrogen) atoms. The van der Waals surface area contributed by atoms with Crippen LogP contribution < -0.4 is 10.5 Å². The second-order valence-electron chi connectivity index (χ2n) is 4.63. The van der Waals surface area contributed by atoms with E-state index in [9.17, 15) is 0 Å². The van der Waals surface area contributed by atoms with E-state index < -0.39 is 0 Å². The van der Waals surface area contributed by atoms with E-state index in [0.29, 0.717) is 0 Å². The zero-order chi connectivity index (χ0) is 13.1. The third-order valence-electron chi connectivity index (χ3n) is 3.24. The van der Waals surface area contributed by atoms with Crippen LogP contribution in [0.2, 0.25) is 0 Å². The lowest BCUT2D eigenvalue weighted by Crippen LogP contribution is -2.05. The van der Waals surface area contributed by atoms with E-state index >= 15 is 0 Å². The lowest BCUT2D eigenvalue weighted by atomic mass is 10.1. The van der Waals surface area contributed by atoms with Gasteiger partial charge in [-0.15, -0.1) is 0 Å². The Morgan fingerprint density at radius 2 is 1.78 bits per heavy atom. The summed E-state index contributed by atoms with van der Waals surface area (Å²) in [7, 11) is 0. The van der Waals surface area contributed by atoms with Crippen molar-refractivity contribution in [3.05, 3.63) is 59.2 Å². The molecule has 0 saturated carbocycles. The van der Waals surface area contributed by atoms with E-state index in [0.717, 1.165) is 17.0 Å². The van der Waals surface area contributed by atoms with E-state index in [1.54, 1.807) is 0 Å². The monoisotopic (exact) mass is 241 g/mol. The van der Waals surface area contributed by atoms with Gasteiger partial charge in [0.05, 0.1) is 0 Å². The van der Waals surface area contributed by atoms with Gasteiger partial charge in [0.1, 0.15) is 11.9 Å². The predicted molar refractivity (Wildman–Crippen MR) is 75.8 cm³/mol. The Labute approximate surface area is 108 Å². The Hall–Kier alpha value is -1.96. The van der Waals surface area contributed by atoms with Gasteiger partial charge in [0.2, 0.25) is 0 Å². The van der Waals surface area contributed by atoms with Crippen LogP contribution in [0.25, 0.3) is 0 Å². The summed E-state index contributed by atoms with van der Waals surface area (Å²) in [6, 6.07) is 13.9. The lowest BCUT2D eigenvalue weighted by Gasteiger charge is -2.18. The SMILES string of the molecule is Cc1cccc(OC(C)c2cccc(N)c2)c1C. The standard InChI is InChI=1S/C16H19NO/c1-11-6-4-9-16(12(11)2)18-13(3)14-7-5-8-15(17)10-14/h4-10,13H,17H2,1-3H3. The van der Waals surface area contributed by atoms with Crippen molar-refractivity contribution in [3.8, 4) is 5.75 Å². The zero-order valence-corrected chi connectivity index (χ0v) is 11.1. The molecule has 2 N–H and O–H groups in total. The van der Waals surface area contributed by atoms with Crippen molar-refractivity contribution in [2.75, 3.05) is 5.73 Å². The molecule has 0 fully saturated rings. The van der Waals surface area contributed by atoms with Crippen LogP contribution in [0, 0.1) is 13.8 Å². The van der Waals surface area contributed by atoms with Gasteiger partial charge in [-0.2, -0.15) is 0 Å². The van der Waals surface area contributed by atoms with Gasteiger partial charge in [-0.25, -0.2) is 0 Å². The van der Waals surface area contributed by atoms with Gasteiger partial charge >= 0.3 is 0 Å². The summed E-state index contributed by atoms with van der Waals surface area (Å²) >= 11 is 0. The number of nitrogen functional groups attached to an aromatic ring is 1. The quantitative estimate of drug-likeness (QED) is 0.823. The van der Waals surface area contributed by atoms with Crippen LogP contribution in [0.4, 0.5) is 5.69 Å². The first-order chi connectivity index (χ1) is 8.58. The van der Waals surface area contributed by atoms with Gasteiger partial charge in [0.25, 0.3) is 0 Å². The first-order valence-electron chi connectivity index (χ1n) is 6.16. The molecule has 2 rings (SSSR count). The number of hydrogen-bond donors (Lipinski definition) is 1. The fourth-order valence-corrected chi connectivity index (χ4v) is 1.92. The number of ether oxygens (including phenoxy) is 1. The Morgan fingerprint density at radius 3 is 2.50 bits per heavy atom. The number of rotatable bonds is 3. The maximum absolute atomic E-state index is 6.01. The smallest absolute Gasteiger partial charge is 0.123 e. The minimum Gasteiger partial charge on any atom is -0.486 e. The largest absolute Gasteiger partial charge is 0.486 e. The molecule has 0 aliphatic rings. The molecule has 2 heteroatoms. The summed E-state index contributed by atoms with van der Waals surface area (Å²) in [5.41, 5.74) is 10.1. The Bertz CT molecular complexity index is 549. The summed E-state index contributed by atoms with van der Waals surface area (Å²) in [4.78, 5) is 0. The molecule has 0 heterocycles. The molecule has 0 radical (unpaired) electrons. The molecule has 2 aromatic carbocycles. The first kappa shape index (κ1) is 12.5. The molecular formula is C16H19NO. The highest BCUT2D eigenvalue weighted by Gasteiger charge is 2.09. The first-order valence-corrected chi connectivity index (χ1v) is 6.16. The Balaban J connectivity index is 2.21. The van der Waals surface area contributed by atoms with Crippen LogP contribution in [-0.2, 0) is 0 Å². The molecule has 2 nitrogen and oxygen atoms in total. The second-order valence-corrected chi connectivity index (χ2v) is 4.63. The van der Waals surface area contributed by atoms with Gasteiger partial charge < -0.3 is 10.5 Å². The fraction of sp³-hybridized carbons (Fsp3) is 0.250. The molecule has 1 unspecified atom stereocenters. The second kappa shape index (κ2) is 5.13. The average Bonchev–Trinajstić information content (AvgIpc) is 2.35. The maximum Gasteiger partial charge on any atom is 0.123 e. The van der Waals surface area contributed by atoms with Crippen molar-refractivity contribution in [1.82, 2.24) is 0 Å². The van der Waals surface area contributed by atoms with Crippen LogP contribution in [0.15, 0.2) is 42.5 Å². The fourth-order valence-electron chi connectivity index (χ4n) is 1.92. The molecule has 0 amide bonds. The molecule has 0 aliphatic carbocycles.